The molecule has 1 saturated carbocycles. The highest BCUT2D eigenvalue weighted by molar-refractivity contribution is 5.92. The molecule has 1 aliphatic rings. The van der Waals surface area contributed by atoms with Crippen molar-refractivity contribution in [3.05, 3.63) is 47.3 Å². The smallest absolute Gasteiger partial charge is 0.416 e. The van der Waals surface area contributed by atoms with Crippen molar-refractivity contribution < 1.29 is 22.6 Å². The summed E-state index contributed by atoms with van der Waals surface area (Å²) in [7, 11) is 5.69. The van der Waals surface area contributed by atoms with Gasteiger partial charge >= 0.3 is 6.18 Å². The van der Waals surface area contributed by atoms with Crippen LogP contribution in [0.25, 0.3) is 10.9 Å². The maximum absolute atomic E-state index is 13.4. The number of aromatic nitrogens is 2. The molecule has 10 heteroatoms. The zero-order chi connectivity index (χ0) is 27.1. The number of aryl methyl sites for hydroxylation is 1. The van der Waals surface area contributed by atoms with E-state index in [2.05, 4.69) is 41.2 Å². The van der Waals surface area contributed by atoms with E-state index < -0.39 is 17.8 Å². The van der Waals surface area contributed by atoms with Gasteiger partial charge in [0.1, 0.15) is 17.7 Å². The predicted octanol–water partition coefficient (Wildman–Crippen LogP) is 5.83. The lowest BCUT2D eigenvalue weighted by atomic mass is 10.00. The summed E-state index contributed by atoms with van der Waals surface area (Å²) in [6.07, 6.45) is -2.35. The van der Waals surface area contributed by atoms with Gasteiger partial charge in [-0.3, -0.25) is 0 Å². The van der Waals surface area contributed by atoms with Crippen LogP contribution >= 0.6 is 0 Å². The van der Waals surface area contributed by atoms with Crippen LogP contribution in [0.1, 0.15) is 49.7 Å². The van der Waals surface area contributed by atoms with Crippen molar-refractivity contribution >= 4 is 22.4 Å². The number of hydrogen-bond acceptors (Lipinski definition) is 7. The molecule has 3 N–H and O–H groups in total. The highest BCUT2D eigenvalue weighted by atomic mass is 19.4. The number of methoxy groups -OCH3 is 1. The Morgan fingerprint density at radius 3 is 2.38 bits per heavy atom. The third-order valence-electron chi connectivity index (χ3n) is 6.94. The number of rotatable bonds is 9. The van der Waals surface area contributed by atoms with Gasteiger partial charge in [0.25, 0.3) is 0 Å². The highest BCUT2D eigenvalue weighted by Crippen LogP contribution is 2.51. The van der Waals surface area contributed by atoms with E-state index in [-0.39, 0.29) is 17.2 Å². The molecule has 200 valence electrons. The van der Waals surface area contributed by atoms with E-state index in [9.17, 15) is 13.2 Å². The Balaban J connectivity index is 1.69. The van der Waals surface area contributed by atoms with Crippen LogP contribution in [-0.4, -0.2) is 48.7 Å². The normalized spacial score (nSPS) is 16.5. The molecule has 1 aliphatic carbocycles. The number of nitrogen functional groups attached to an aromatic ring is 1. The number of halogens is 3. The zero-order valence-corrected chi connectivity index (χ0v) is 22.0. The number of nitrogens with two attached hydrogens (primary N) is 1. The molecular weight excluding hydrogens is 483 g/mol. The lowest BCUT2D eigenvalue weighted by Gasteiger charge is -2.28. The average Bonchev–Trinajstić information content (AvgIpc) is 3.58. The number of alkyl halides is 3. The summed E-state index contributed by atoms with van der Waals surface area (Å²) in [5, 5.41) is 3.94. The van der Waals surface area contributed by atoms with Crippen molar-refractivity contribution in [3.8, 4) is 11.5 Å². The van der Waals surface area contributed by atoms with Crippen molar-refractivity contribution in [2.45, 2.75) is 51.9 Å². The minimum Gasteiger partial charge on any atom is -0.493 e. The third kappa shape index (κ3) is 5.84. The van der Waals surface area contributed by atoms with E-state index >= 15 is 0 Å². The number of hydrogen-bond donors (Lipinski definition) is 2. The van der Waals surface area contributed by atoms with Crippen molar-refractivity contribution in [2.24, 2.45) is 5.41 Å². The Bertz CT molecular complexity index is 1290. The summed E-state index contributed by atoms with van der Waals surface area (Å²) >= 11 is 0. The molecule has 0 unspecified atom stereocenters. The van der Waals surface area contributed by atoms with Gasteiger partial charge in [0.15, 0.2) is 11.5 Å². The highest BCUT2D eigenvalue weighted by Gasteiger charge is 2.49. The molecule has 0 amide bonds. The van der Waals surface area contributed by atoms with E-state index in [1.54, 1.807) is 27.0 Å². The quantitative estimate of drug-likeness (QED) is 0.346. The summed E-state index contributed by atoms with van der Waals surface area (Å²) in [6, 6.07) is 6.69. The molecule has 1 heterocycles. The number of benzene rings is 2. The largest absolute Gasteiger partial charge is 0.493 e. The van der Waals surface area contributed by atoms with Crippen LogP contribution < -0.4 is 20.5 Å². The minimum absolute atomic E-state index is 0.0448. The van der Waals surface area contributed by atoms with Crippen LogP contribution in [0.2, 0.25) is 0 Å². The summed E-state index contributed by atoms with van der Waals surface area (Å²) in [5.41, 5.74) is 6.16. The molecule has 2 atom stereocenters. The van der Waals surface area contributed by atoms with Crippen LogP contribution in [0.3, 0.4) is 0 Å². The van der Waals surface area contributed by atoms with E-state index in [1.165, 1.54) is 6.07 Å². The molecule has 1 fully saturated rings. The van der Waals surface area contributed by atoms with Gasteiger partial charge in [-0.1, -0.05) is 0 Å². The van der Waals surface area contributed by atoms with E-state index in [4.69, 9.17) is 15.2 Å². The zero-order valence-electron chi connectivity index (χ0n) is 22.0. The van der Waals surface area contributed by atoms with Crippen molar-refractivity contribution in [1.82, 2.24) is 14.9 Å². The number of anilines is 2. The van der Waals surface area contributed by atoms with Crippen LogP contribution in [0.5, 0.6) is 11.5 Å². The van der Waals surface area contributed by atoms with Gasteiger partial charge in [-0.15, -0.1) is 0 Å². The molecule has 0 aliphatic heterocycles. The lowest BCUT2D eigenvalue weighted by molar-refractivity contribution is -0.137. The fourth-order valence-corrected chi connectivity index (χ4v) is 4.79. The van der Waals surface area contributed by atoms with Crippen LogP contribution in [-0.2, 0) is 6.18 Å². The first-order valence-electron chi connectivity index (χ1n) is 12.2. The number of nitrogens with one attached hydrogen (secondary N) is 1. The van der Waals surface area contributed by atoms with Gasteiger partial charge in [0, 0.05) is 29.1 Å². The Labute approximate surface area is 215 Å². The molecule has 3 aromatic rings. The first-order chi connectivity index (χ1) is 17.3. The first kappa shape index (κ1) is 26.8. The summed E-state index contributed by atoms with van der Waals surface area (Å²) in [4.78, 5) is 11.3. The molecule has 2 aromatic carbocycles. The van der Waals surface area contributed by atoms with Gasteiger partial charge in [0.05, 0.1) is 24.2 Å². The second-order valence-corrected chi connectivity index (χ2v) is 10.3. The maximum Gasteiger partial charge on any atom is 0.416 e. The number of nitrogens with zero attached hydrogens (tertiary/aromatic N) is 3. The van der Waals surface area contributed by atoms with Gasteiger partial charge in [-0.05, 0) is 77.5 Å². The maximum atomic E-state index is 13.4. The van der Waals surface area contributed by atoms with E-state index in [1.807, 2.05) is 6.07 Å². The van der Waals surface area contributed by atoms with Gasteiger partial charge < -0.3 is 25.4 Å². The summed E-state index contributed by atoms with van der Waals surface area (Å²) in [5.74, 6) is 2.13. The topological polar surface area (TPSA) is 85.5 Å². The van der Waals surface area contributed by atoms with Gasteiger partial charge in [-0.2, -0.15) is 13.2 Å². The second kappa shape index (κ2) is 9.89. The fourth-order valence-electron chi connectivity index (χ4n) is 4.79. The monoisotopic (exact) mass is 517 g/mol. The summed E-state index contributed by atoms with van der Waals surface area (Å²) < 4.78 is 52.1. The van der Waals surface area contributed by atoms with Crippen LogP contribution in [0, 0.1) is 12.3 Å². The minimum atomic E-state index is -4.49. The Morgan fingerprint density at radius 1 is 1.08 bits per heavy atom. The van der Waals surface area contributed by atoms with E-state index in [0.717, 1.165) is 31.5 Å². The van der Waals surface area contributed by atoms with Gasteiger partial charge in [0.2, 0.25) is 0 Å². The standard InChI is InChI=1S/C27H34F3N5O2/c1-15(18-9-19(27(28,29)30)11-20(31)10-18)32-25-21-12-24(23(36-6)13-22(21)33-17(3)34-25)37-16(2)26(7-8-26)14-35(4)5/h9-13,15-16H,7-8,14,31H2,1-6H3,(H,32,33,34)/t15-,16+/m1/s1. The van der Waals surface area contributed by atoms with Crippen molar-refractivity contribution in [1.29, 1.82) is 0 Å². The third-order valence-corrected chi connectivity index (χ3v) is 6.94. The van der Waals surface area contributed by atoms with Crippen molar-refractivity contribution in [2.75, 3.05) is 38.8 Å². The summed E-state index contributed by atoms with van der Waals surface area (Å²) in [6.45, 7) is 6.52. The van der Waals surface area contributed by atoms with Gasteiger partial charge in [-0.25, -0.2) is 9.97 Å². The molecular formula is C27H34F3N5O2. The molecule has 0 spiro atoms. The Hall–Kier alpha value is -3.27. The fraction of sp³-hybridized carbons (Fsp3) is 0.481. The average molecular weight is 518 g/mol. The molecule has 4 rings (SSSR count). The molecule has 37 heavy (non-hydrogen) atoms. The first-order valence-corrected chi connectivity index (χ1v) is 12.2. The SMILES string of the molecule is COc1cc2nc(C)nc(N[C@H](C)c3cc(N)cc(C(F)(F)F)c3)c2cc1O[C@@H](C)C1(CN(C)C)CC1. The lowest BCUT2D eigenvalue weighted by Crippen LogP contribution is -2.34. The Morgan fingerprint density at radius 2 is 1.78 bits per heavy atom. The molecule has 0 radical (unpaired) electrons. The predicted molar refractivity (Wildman–Crippen MR) is 139 cm³/mol. The van der Waals surface area contributed by atoms with E-state index in [0.29, 0.717) is 39.6 Å². The molecule has 0 bridgehead atoms. The number of ether oxygens (including phenoxy) is 2. The molecule has 0 saturated heterocycles. The van der Waals surface area contributed by atoms with Crippen LogP contribution in [0.15, 0.2) is 30.3 Å². The molecule has 7 nitrogen and oxygen atoms in total. The molecule has 1 aromatic heterocycles. The second-order valence-electron chi connectivity index (χ2n) is 10.3. The van der Waals surface area contributed by atoms with Crippen molar-refractivity contribution in [3.63, 3.8) is 0 Å². The number of fused-ring (bicyclic) bond motifs is 1. The van der Waals surface area contributed by atoms with Crippen LogP contribution in [0.4, 0.5) is 24.7 Å². The Kier molecular flexibility index (Phi) is 7.16.